The van der Waals surface area contributed by atoms with Crippen molar-refractivity contribution in [1.82, 2.24) is 4.98 Å². The molecule has 0 unspecified atom stereocenters. The Labute approximate surface area is 103 Å². The molecule has 86 valence electrons. The van der Waals surface area contributed by atoms with Gasteiger partial charge < -0.3 is 0 Å². The largest absolute Gasteiger partial charge is 0.265 e. The molecule has 0 bridgehead atoms. The molecule has 1 aromatic heterocycles. The van der Waals surface area contributed by atoms with Crippen molar-refractivity contribution in [2.24, 2.45) is 0 Å². The summed E-state index contributed by atoms with van der Waals surface area (Å²) in [5.74, 6) is 0. The topological polar surface area (TPSA) is 12.9 Å². The lowest BCUT2D eigenvalue weighted by Gasteiger charge is -2.08. The molecule has 0 saturated heterocycles. The van der Waals surface area contributed by atoms with Crippen LogP contribution < -0.4 is 0 Å². The minimum atomic E-state index is 1.23. The van der Waals surface area contributed by atoms with E-state index in [-0.39, 0.29) is 0 Å². The quantitative estimate of drug-likeness (QED) is 0.738. The Kier molecular flexibility index (Phi) is 3.38. The summed E-state index contributed by atoms with van der Waals surface area (Å²) in [7, 11) is 0. The van der Waals surface area contributed by atoms with Crippen LogP contribution in [0.3, 0.4) is 0 Å². The predicted octanol–water partition coefficient (Wildman–Crippen LogP) is 4.34. The van der Waals surface area contributed by atoms with Gasteiger partial charge in [-0.3, -0.25) is 4.98 Å². The molecule has 0 radical (unpaired) electrons. The molecule has 2 aromatic rings. The lowest BCUT2D eigenvalue weighted by Crippen LogP contribution is -1.87. The van der Waals surface area contributed by atoms with Crippen LogP contribution in [0.1, 0.15) is 30.5 Å². The number of hydrogen-bond acceptors (Lipinski definition) is 1. The molecule has 0 spiro atoms. The number of aromatic nitrogens is 1. The van der Waals surface area contributed by atoms with Gasteiger partial charge in [0.05, 0.1) is 0 Å². The summed E-state index contributed by atoms with van der Waals surface area (Å²) < 4.78 is 0. The van der Waals surface area contributed by atoms with Crippen LogP contribution in [0.15, 0.2) is 48.8 Å². The molecule has 1 heteroatoms. The molecular weight excluding hydrogens is 206 g/mol. The van der Waals surface area contributed by atoms with E-state index in [0.717, 1.165) is 0 Å². The second kappa shape index (κ2) is 4.96. The third kappa shape index (κ3) is 2.62. The van der Waals surface area contributed by atoms with E-state index in [9.17, 15) is 0 Å². The van der Waals surface area contributed by atoms with Gasteiger partial charge in [-0.2, -0.15) is 0 Å². The number of hydrogen-bond donors (Lipinski definition) is 0. The molecule has 17 heavy (non-hydrogen) atoms. The summed E-state index contributed by atoms with van der Waals surface area (Å²) in [4.78, 5) is 4.05. The van der Waals surface area contributed by atoms with E-state index in [4.69, 9.17) is 0 Å². The Morgan fingerprint density at radius 3 is 1.76 bits per heavy atom. The van der Waals surface area contributed by atoms with Crippen LogP contribution in [0.5, 0.6) is 0 Å². The zero-order valence-corrected chi connectivity index (χ0v) is 10.6. The Hall–Kier alpha value is -1.89. The molecule has 0 N–H and O–H groups in total. The van der Waals surface area contributed by atoms with E-state index in [1.807, 2.05) is 24.5 Å². The molecule has 2 rings (SSSR count). The van der Waals surface area contributed by atoms with E-state index in [1.54, 1.807) is 0 Å². The van der Waals surface area contributed by atoms with Gasteiger partial charge in [0, 0.05) is 12.4 Å². The molecule has 0 saturated carbocycles. The van der Waals surface area contributed by atoms with Crippen molar-refractivity contribution < 1.29 is 0 Å². The fraction of sp³-hybridized carbons (Fsp3) is 0.188. The Balaban J connectivity index is 2.41. The Morgan fingerprint density at radius 2 is 1.24 bits per heavy atom. The Morgan fingerprint density at radius 1 is 0.765 bits per heavy atom. The van der Waals surface area contributed by atoms with E-state index in [2.05, 4.69) is 50.0 Å². The van der Waals surface area contributed by atoms with Crippen molar-refractivity contribution >= 4 is 11.1 Å². The minimum Gasteiger partial charge on any atom is -0.265 e. The smallest absolute Gasteiger partial charge is 0.0273 e. The van der Waals surface area contributed by atoms with Crippen LogP contribution in [0.4, 0.5) is 0 Å². The number of aryl methyl sites for hydroxylation is 1. The molecular formula is C16H17N. The van der Waals surface area contributed by atoms with E-state index >= 15 is 0 Å². The van der Waals surface area contributed by atoms with E-state index in [0.29, 0.717) is 0 Å². The number of allylic oxidation sites excluding steroid dienone is 2. The van der Waals surface area contributed by atoms with E-state index in [1.165, 1.54) is 27.8 Å². The maximum absolute atomic E-state index is 4.05. The highest BCUT2D eigenvalue weighted by Gasteiger charge is 2.02. The summed E-state index contributed by atoms with van der Waals surface area (Å²) in [6, 6.07) is 12.8. The average molecular weight is 223 g/mol. The number of benzene rings is 1. The molecule has 0 amide bonds. The first-order valence-corrected chi connectivity index (χ1v) is 5.83. The van der Waals surface area contributed by atoms with Gasteiger partial charge in [0.25, 0.3) is 0 Å². The van der Waals surface area contributed by atoms with Crippen LogP contribution in [-0.4, -0.2) is 4.98 Å². The van der Waals surface area contributed by atoms with Gasteiger partial charge in [0.1, 0.15) is 0 Å². The number of pyridine rings is 1. The zero-order valence-electron chi connectivity index (χ0n) is 10.6. The Bertz CT molecular complexity index is 521. The molecule has 0 aliphatic heterocycles. The molecule has 0 atom stereocenters. The van der Waals surface area contributed by atoms with Crippen molar-refractivity contribution in [3.8, 4) is 0 Å². The van der Waals surface area contributed by atoms with Crippen molar-refractivity contribution in [3.63, 3.8) is 0 Å². The van der Waals surface area contributed by atoms with Gasteiger partial charge in [-0.05, 0) is 55.2 Å². The molecule has 0 aliphatic carbocycles. The van der Waals surface area contributed by atoms with Gasteiger partial charge >= 0.3 is 0 Å². The summed E-state index contributed by atoms with van der Waals surface area (Å²) >= 11 is 0. The summed E-state index contributed by atoms with van der Waals surface area (Å²) in [5.41, 5.74) is 6.43. The monoisotopic (exact) mass is 223 g/mol. The SMILES string of the molecule is CC(=C(C)c1ccc(C)cc1)c1ccncc1. The first-order valence-electron chi connectivity index (χ1n) is 5.83. The second-order valence-corrected chi connectivity index (χ2v) is 4.35. The predicted molar refractivity (Wildman–Crippen MR) is 73.6 cm³/mol. The van der Waals surface area contributed by atoms with Crippen LogP contribution in [0.25, 0.3) is 11.1 Å². The first-order chi connectivity index (χ1) is 8.18. The van der Waals surface area contributed by atoms with Crippen molar-refractivity contribution in [1.29, 1.82) is 0 Å². The average Bonchev–Trinajstić information content (AvgIpc) is 2.39. The molecule has 1 nitrogen and oxygen atoms in total. The van der Waals surface area contributed by atoms with Gasteiger partial charge in [-0.25, -0.2) is 0 Å². The number of nitrogens with zero attached hydrogens (tertiary/aromatic N) is 1. The molecule has 0 aliphatic rings. The highest BCUT2D eigenvalue weighted by atomic mass is 14.6. The fourth-order valence-electron chi connectivity index (χ4n) is 1.84. The third-order valence-electron chi connectivity index (χ3n) is 3.16. The van der Waals surface area contributed by atoms with Crippen LogP contribution in [0, 0.1) is 6.92 Å². The van der Waals surface area contributed by atoms with Crippen molar-refractivity contribution in [2.45, 2.75) is 20.8 Å². The summed E-state index contributed by atoms with van der Waals surface area (Å²) in [6.07, 6.45) is 3.67. The van der Waals surface area contributed by atoms with Crippen LogP contribution in [0.2, 0.25) is 0 Å². The van der Waals surface area contributed by atoms with Crippen LogP contribution >= 0.6 is 0 Å². The standard InChI is InChI=1S/C16H17N/c1-12-4-6-15(7-5-12)13(2)14(3)16-8-10-17-11-9-16/h4-11H,1-3H3. The lowest BCUT2D eigenvalue weighted by molar-refractivity contribution is 1.31. The maximum atomic E-state index is 4.05. The van der Waals surface area contributed by atoms with Gasteiger partial charge in [0.15, 0.2) is 0 Å². The minimum absolute atomic E-state index is 1.23. The van der Waals surface area contributed by atoms with Gasteiger partial charge in [-0.1, -0.05) is 29.8 Å². The lowest BCUT2D eigenvalue weighted by atomic mass is 9.97. The second-order valence-electron chi connectivity index (χ2n) is 4.35. The van der Waals surface area contributed by atoms with Gasteiger partial charge in [0.2, 0.25) is 0 Å². The van der Waals surface area contributed by atoms with Crippen LogP contribution in [-0.2, 0) is 0 Å². The fourth-order valence-corrected chi connectivity index (χ4v) is 1.84. The number of rotatable bonds is 2. The van der Waals surface area contributed by atoms with Crippen molar-refractivity contribution in [2.75, 3.05) is 0 Å². The highest BCUT2D eigenvalue weighted by Crippen LogP contribution is 2.25. The molecule has 0 fully saturated rings. The third-order valence-corrected chi connectivity index (χ3v) is 3.16. The summed E-state index contributed by atoms with van der Waals surface area (Å²) in [5, 5.41) is 0. The van der Waals surface area contributed by atoms with Crippen molar-refractivity contribution in [3.05, 3.63) is 65.5 Å². The maximum Gasteiger partial charge on any atom is 0.0273 e. The first kappa shape index (κ1) is 11.6. The highest BCUT2D eigenvalue weighted by molar-refractivity contribution is 5.88. The van der Waals surface area contributed by atoms with E-state index < -0.39 is 0 Å². The summed E-state index contributed by atoms with van der Waals surface area (Å²) in [6.45, 7) is 6.43. The molecule has 1 aromatic carbocycles. The normalized spacial score (nSPS) is 12.2. The molecule has 1 heterocycles. The van der Waals surface area contributed by atoms with Gasteiger partial charge in [-0.15, -0.1) is 0 Å². The zero-order chi connectivity index (χ0) is 12.3.